The molecule has 0 fully saturated rings. The number of aliphatic carboxylic acids is 1. The molecule has 2 aromatic carbocycles. The van der Waals surface area contributed by atoms with E-state index in [0.717, 1.165) is 28.6 Å². The van der Waals surface area contributed by atoms with Crippen molar-refractivity contribution in [2.45, 2.75) is 12.6 Å². The maximum Gasteiger partial charge on any atom is 0.416 e. The van der Waals surface area contributed by atoms with Crippen molar-refractivity contribution in [1.82, 2.24) is 4.57 Å². The van der Waals surface area contributed by atoms with Crippen LogP contribution in [0.25, 0.3) is 22.0 Å². The zero-order valence-electron chi connectivity index (χ0n) is 12.8. The molecular weight excluding hydrogens is 319 g/mol. The van der Waals surface area contributed by atoms with E-state index in [1.54, 1.807) is 6.20 Å². The fraction of sp³-hybridized carbons (Fsp3) is 0.167. The molecule has 0 aliphatic carbocycles. The largest absolute Gasteiger partial charge is 0.481 e. The van der Waals surface area contributed by atoms with Crippen LogP contribution in [0, 0.1) is 0 Å². The molecule has 0 atom stereocenters. The third kappa shape index (κ3) is 2.99. The fourth-order valence-electron chi connectivity index (χ4n) is 2.81. The molecular formula is C18H14F3NO2. The van der Waals surface area contributed by atoms with Gasteiger partial charge in [-0.3, -0.25) is 4.79 Å². The lowest BCUT2D eigenvalue weighted by Crippen LogP contribution is -2.03. The van der Waals surface area contributed by atoms with Crippen molar-refractivity contribution in [3.8, 4) is 11.1 Å². The summed E-state index contributed by atoms with van der Waals surface area (Å²) in [6.07, 6.45) is -2.71. The summed E-state index contributed by atoms with van der Waals surface area (Å²) in [4.78, 5) is 11.0. The van der Waals surface area contributed by atoms with Crippen LogP contribution in [0.15, 0.2) is 48.7 Å². The van der Waals surface area contributed by atoms with Crippen molar-refractivity contribution >= 4 is 16.9 Å². The smallest absolute Gasteiger partial charge is 0.416 e. The number of fused-ring (bicyclic) bond motifs is 1. The third-order valence-corrected chi connectivity index (χ3v) is 3.96. The van der Waals surface area contributed by atoms with Crippen LogP contribution in [-0.4, -0.2) is 15.6 Å². The molecule has 0 saturated heterocycles. The minimum Gasteiger partial charge on any atom is -0.481 e. The van der Waals surface area contributed by atoms with Crippen LogP contribution in [0.2, 0.25) is 0 Å². The summed E-state index contributed by atoms with van der Waals surface area (Å²) >= 11 is 0. The second-order valence-corrected chi connectivity index (χ2v) is 5.64. The molecule has 1 heterocycles. The standard InChI is InChI=1S/C18H14F3NO2/c1-22-10-13(9-17(23)24)15-8-12(4-7-16(15)22)11-2-5-14(6-3-11)18(19,20)21/h2-8,10H,9H2,1H3,(H,23,24). The minimum atomic E-state index is -4.36. The van der Waals surface area contributed by atoms with Gasteiger partial charge < -0.3 is 9.67 Å². The number of carboxylic acid groups (broad SMARTS) is 1. The minimum absolute atomic E-state index is 0.103. The van der Waals surface area contributed by atoms with Crippen LogP contribution < -0.4 is 0 Å². The first-order valence-electron chi connectivity index (χ1n) is 7.23. The van der Waals surface area contributed by atoms with Crippen LogP contribution in [0.4, 0.5) is 13.2 Å². The van der Waals surface area contributed by atoms with E-state index in [4.69, 9.17) is 5.11 Å². The van der Waals surface area contributed by atoms with E-state index in [0.29, 0.717) is 11.1 Å². The highest BCUT2D eigenvalue weighted by molar-refractivity contribution is 5.91. The van der Waals surface area contributed by atoms with Gasteiger partial charge in [0.15, 0.2) is 0 Å². The molecule has 0 unspecified atom stereocenters. The van der Waals surface area contributed by atoms with E-state index in [1.165, 1.54) is 12.1 Å². The number of rotatable bonds is 3. The summed E-state index contributed by atoms with van der Waals surface area (Å²) in [5.74, 6) is -0.928. The lowest BCUT2D eigenvalue weighted by Gasteiger charge is -2.08. The number of aromatic nitrogens is 1. The molecule has 1 N–H and O–H groups in total. The van der Waals surface area contributed by atoms with Gasteiger partial charge >= 0.3 is 12.1 Å². The Morgan fingerprint density at radius 2 is 1.71 bits per heavy atom. The summed E-state index contributed by atoms with van der Waals surface area (Å²) < 4.78 is 39.8. The molecule has 0 radical (unpaired) electrons. The molecule has 3 rings (SSSR count). The molecule has 0 spiro atoms. The average Bonchev–Trinajstić information content (AvgIpc) is 2.82. The Morgan fingerprint density at radius 3 is 2.29 bits per heavy atom. The SMILES string of the molecule is Cn1cc(CC(=O)O)c2cc(-c3ccc(C(F)(F)F)cc3)ccc21. The quantitative estimate of drug-likeness (QED) is 0.767. The molecule has 0 bridgehead atoms. The summed E-state index contributed by atoms with van der Waals surface area (Å²) in [5, 5.41) is 9.80. The molecule has 124 valence electrons. The number of hydrogen-bond donors (Lipinski definition) is 1. The van der Waals surface area contributed by atoms with Gasteiger partial charge in [-0.05, 0) is 41.0 Å². The first-order chi connectivity index (χ1) is 11.3. The molecule has 0 aliphatic rings. The van der Waals surface area contributed by atoms with Crippen molar-refractivity contribution in [3.05, 3.63) is 59.8 Å². The van der Waals surface area contributed by atoms with E-state index in [2.05, 4.69) is 0 Å². The second-order valence-electron chi connectivity index (χ2n) is 5.64. The van der Waals surface area contributed by atoms with Crippen molar-refractivity contribution in [2.75, 3.05) is 0 Å². The highest BCUT2D eigenvalue weighted by Gasteiger charge is 2.29. The van der Waals surface area contributed by atoms with Gasteiger partial charge in [-0.2, -0.15) is 13.2 Å². The van der Waals surface area contributed by atoms with Gasteiger partial charge in [0.25, 0.3) is 0 Å². The zero-order valence-corrected chi connectivity index (χ0v) is 12.8. The van der Waals surface area contributed by atoms with Crippen molar-refractivity contribution in [3.63, 3.8) is 0 Å². The number of hydrogen-bond acceptors (Lipinski definition) is 1. The number of nitrogens with zero attached hydrogens (tertiary/aromatic N) is 1. The van der Waals surface area contributed by atoms with E-state index < -0.39 is 17.7 Å². The Kier molecular flexibility index (Phi) is 3.83. The highest BCUT2D eigenvalue weighted by atomic mass is 19.4. The summed E-state index contributed by atoms with van der Waals surface area (Å²) in [5.41, 5.74) is 2.25. The van der Waals surface area contributed by atoms with Crippen molar-refractivity contribution in [1.29, 1.82) is 0 Å². The van der Waals surface area contributed by atoms with Crippen molar-refractivity contribution < 1.29 is 23.1 Å². The maximum absolute atomic E-state index is 12.6. The molecule has 0 amide bonds. The number of halogens is 3. The number of carboxylic acids is 1. The lowest BCUT2D eigenvalue weighted by molar-refractivity contribution is -0.138. The second kappa shape index (κ2) is 5.70. The monoisotopic (exact) mass is 333 g/mol. The van der Waals surface area contributed by atoms with E-state index in [-0.39, 0.29) is 6.42 Å². The normalized spacial score (nSPS) is 11.8. The predicted molar refractivity (Wildman–Crippen MR) is 84.7 cm³/mol. The van der Waals surface area contributed by atoms with Gasteiger partial charge in [0.05, 0.1) is 12.0 Å². The van der Waals surface area contributed by atoms with Crippen LogP contribution in [0.3, 0.4) is 0 Å². The van der Waals surface area contributed by atoms with Gasteiger partial charge in [0.2, 0.25) is 0 Å². The zero-order chi connectivity index (χ0) is 17.5. The maximum atomic E-state index is 12.6. The highest BCUT2D eigenvalue weighted by Crippen LogP contribution is 2.32. The number of carbonyl (C=O) groups is 1. The van der Waals surface area contributed by atoms with Crippen LogP contribution in [0.1, 0.15) is 11.1 Å². The topological polar surface area (TPSA) is 42.2 Å². The van der Waals surface area contributed by atoms with Gasteiger partial charge in [-0.25, -0.2) is 0 Å². The number of alkyl halides is 3. The van der Waals surface area contributed by atoms with Crippen LogP contribution in [-0.2, 0) is 24.4 Å². The predicted octanol–water partition coefficient (Wildman–Crippen LogP) is 4.49. The van der Waals surface area contributed by atoms with E-state index in [1.807, 2.05) is 29.8 Å². The third-order valence-electron chi connectivity index (χ3n) is 3.96. The number of aryl methyl sites for hydroxylation is 1. The first kappa shape index (κ1) is 16.1. The van der Waals surface area contributed by atoms with Gasteiger partial charge in [-0.1, -0.05) is 18.2 Å². The Morgan fingerprint density at radius 1 is 1.08 bits per heavy atom. The fourth-order valence-corrected chi connectivity index (χ4v) is 2.81. The Labute approximate surface area is 136 Å². The molecule has 3 aromatic rings. The van der Waals surface area contributed by atoms with E-state index >= 15 is 0 Å². The average molecular weight is 333 g/mol. The van der Waals surface area contributed by atoms with Gasteiger partial charge in [0.1, 0.15) is 0 Å². The summed E-state index contributed by atoms with van der Waals surface area (Å²) in [6.45, 7) is 0. The summed E-state index contributed by atoms with van der Waals surface area (Å²) in [7, 11) is 1.82. The van der Waals surface area contributed by atoms with Crippen molar-refractivity contribution in [2.24, 2.45) is 7.05 Å². The molecule has 6 heteroatoms. The molecule has 24 heavy (non-hydrogen) atoms. The number of benzene rings is 2. The molecule has 0 saturated carbocycles. The molecule has 1 aromatic heterocycles. The van der Waals surface area contributed by atoms with Gasteiger partial charge in [-0.15, -0.1) is 0 Å². The Hall–Kier alpha value is -2.76. The van der Waals surface area contributed by atoms with E-state index in [9.17, 15) is 18.0 Å². The Bertz CT molecular complexity index is 908. The lowest BCUT2D eigenvalue weighted by atomic mass is 10.0. The molecule has 3 nitrogen and oxygen atoms in total. The summed E-state index contributed by atoms with van der Waals surface area (Å²) in [6, 6.07) is 10.4. The first-order valence-corrected chi connectivity index (χ1v) is 7.23. The van der Waals surface area contributed by atoms with Gasteiger partial charge in [0, 0.05) is 24.1 Å². The Balaban J connectivity index is 2.05. The molecule has 0 aliphatic heterocycles. The van der Waals surface area contributed by atoms with Crippen LogP contribution >= 0.6 is 0 Å². The van der Waals surface area contributed by atoms with Crippen LogP contribution in [0.5, 0.6) is 0 Å².